The highest BCUT2D eigenvalue weighted by Crippen LogP contribution is 2.29. The minimum atomic E-state index is -1.69. The van der Waals surface area contributed by atoms with Crippen LogP contribution >= 0.6 is 11.6 Å². The van der Waals surface area contributed by atoms with Gasteiger partial charge < -0.3 is 0 Å². The Morgan fingerprint density at radius 3 is 2.40 bits per heavy atom. The average molecular weight is 160 g/mol. The van der Waals surface area contributed by atoms with Gasteiger partial charge in [-0.3, -0.25) is 5.11 Å². The van der Waals surface area contributed by atoms with Crippen molar-refractivity contribution in [3.8, 4) is 5.75 Å². The van der Waals surface area contributed by atoms with E-state index in [0.29, 0.717) is 0 Å². The van der Waals surface area contributed by atoms with Crippen molar-refractivity contribution in [2.45, 2.75) is 5.63 Å². The maximum atomic E-state index is 12.3. The molecule has 0 heterocycles. The van der Waals surface area contributed by atoms with Crippen LogP contribution in [0.3, 0.4) is 0 Å². The van der Waals surface area contributed by atoms with Crippen LogP contribution in [0.4, 0.5) is 4.39 Å². The molecule has 10 heavy (non-hydrogen) atoms. The van der Waals surface area contributed by atoms with Gasteiger partial charge >= 0.3 is 0 Å². The molecule has 0 saturated carbocycles. The number of benzene rings is 1. The van der Waals surface area contributed by atoms with Crippen molar-refractivity contribution in [1.82, 2.24) is 0 Å². The van der Waals surface area contributed by atoms with Gasteiger partial charge in [-0.05, 0) is 6.07 Å². The summed E-state index contributed by atoms with van der Waals surface area (Å²) in [6.45, 7) is 0. The van der Waals surface area contributed by atoms with Gasteiger partial charge in [-0.2, -0.15) is 0 Å². The van der Waals surface area contributed by atoms with Gasteiger partial charge in [0.25, 0.3) is 0 Å². The van der Waals surface area contributed by atoms with Crippen LogP contribution in [0.1, 0.15) is 11.2 Å². The van der Waals surface area contributed by atoms with Gasteiger partial charge in [-0.25, -0.2) is 4.39 Å². The molecule has 0 aliphatic carbocycles. The van der Waals surface area contributed by atoms with E-state index in [1.807, 2.05) is 0 Å². The molecule has 1 rings (SSSR count). The van der Waals surface area contributed by atoms with Gasteiger partial charge in [-0.1, -0.05) is 29.8 Å². The van der Waals surface area contributed by atoms with Crippen molar-refractivity contribution in [2.75, 3.05) is 0 Å². The van der Waals surface area contributed by atoms with Gasteiger partial charge in [0, 0.05) is 5.56 Å². The fraction of sp³-hybridized carbons (Fsp3) is 0.143. The van der Waals surface area contributed by atoms with E-state index >= 15 is 0 Å². The quantitative estimate of drug-likeness (QED) is 0.562. The molecule has 0 bridgehead atoms. The second kappa shape index (κ2) is 2.88. The van der Waals surface area contributed by atoms with Gasteiger partial charge in [0.2, 0.25) is 5.63 Å². The molecule has 0 N–H and O–H groups in total. The minimum absolute atomic E-state index is 0.00386. The van der Waals surface area contributed by atoms with Crippen molar-refractivity contribution < 1.29 is 9.50 Å². The molecule has 1 aromatic carbocycles. The first-order valence-electron chi connectivity index (χ1n) is 2.76. The largest absolute Gasteiger partial charge is 0.289 e. The zero-order valence-electron chi connectivity index (χ0n) is 5.05. The molecule has 0 fully saturated rings. The van der Waals surface area contributed by atoms with Crippen molar-refractivity contribution in [3.63, 3.8) is 0 Å². The third-order valence-electron chi connectivity index (χ3n) is 1.15. The molecule has 3 heteroatoms. The van der Waals surface area contributed by atoms with Crippen molar-refractivity contribution >= 4 is 11.6 Å². The summed E-state index contributed by atoms with van der Waals surface area (Å²) in [5, 5.41) is 10.7. The highest BCUT2D eigenvalue weighted by Gasteiger charge is 2.09. The summed E-state index contributed by atoms with van der Waals surface area (Å²) in [6, 6.07) is 5.78. The highest BCUT2D eigenvalue weighted by molar-refractivity contribution is 6.19. The molecule has 0 aliphatic heterocycles. The number of para-hydroxylation sites is 1. The summed E-state index contributed by atoms with van der Waals surface area (Å²) in [6.07, 6.45) is 0. The fourth-order valence-corrected chi connectivity index (χ4v) is 0.841. The van der Waals surface area contributed by atoms with Gasteiger partial charge in [-0.15, -0.1) is 0 Å². The lowest BCUT2D eigenvalue weighted by atomic mass is 10.2. The van der Waals surface area contributed by atoms with E-state index in [9.17, 15) is 9.50 Å². The SMILES string of the molecule is [O]c1ccccc1C(F)Cl. The predicted molar refractivity (Wildman–Crippen MR) is 36.3 cm³/mol. The van der Waals surface area contributed by atoms with E-state index in [0.717, 1.165) is 0 Å². The van der Waals surface area contributed by atoms with Crippen LogP contribution in [0.2, 0.25) is 0 Å². The second-order valence-corrected chi connectivity index (χ2v) is 2.22. The molecule has 1 aromatic rings. The van der Waals surface area contributed by atoms with Gasteiger partial charge in [0.05, 0.1) is 0 Å². The number of halogens is 2. The van der Waals surface area contributed by atoms with Crippen molar-refractivity contribution in [1.29, 1.82) is 0 Å². The molecular weight excluding hydrogens is 155 g/mol. The lowest BCUT2D eigenvalue weighted by Crippen LogP contribution is -1.80. The average Bonchev–Trinajstić information content (AvgIpc) is 1.88. The Labute approximate surface area is 63.1 Å². The van der Waals surface area contributed by atoms with Crippen LogP contribution in [-0.4, -0.2) is 0 Å². The normalized spacial score (nSPS) is 13.0. The Morgan fingerprint density at radius 2 is 2.00 bits per heavy atom. The third kappa shape index (κ3) is 1.39. The van der Waals surface area contributed by atoms with E-state index in [4.69, 9.17) is 11.6 Å². The minimum Gasteiger partial charge on any atom is -0.289 e. The van der Waals surface area contributed by atoms with Crippen LogP contribution in [-0.2, 0) is 5.11 Å². The maximum Gasteiger partial charge on any atom is 0.202 e. The highest BCUT2D eigenvalue weighted by atomic mass is 35.5. The molecule has 1 atom stereocenters. The second-order valence-electron chi connectivity index (χ2n) is 1.84. The topological polar surface area (TPSA) is 19.9 Å². The Kier molecular flexibility index (Phi) is 2.12. The fourth-order valence-electron chi connectivity index (χ4n) is 0.661. The zero-order chi connectivity index (χ0) is 7.56. The molecule has 0 saturated heterocycles. The van der Waals surface area contributed by atoms with Crippen LogP contribution in [0.5, 0.6) is 5.75 Å². The van der Waals surface area contributed by atoms with E-state index in [1.54, 1.807) is 12.1 Å². The number of hydrogen-bond acceptors (Lipinski definition) is 0. The van der Waals surface area contributed by atoms with E-state index in [-0.39, 0.29) is 11.3 Å². The first kappa shape index (κ1) is 7.35. The summed E-state index contributed by atoms with van der Waals surface area (Å²) in [5.41, 5.74) is -1.68. The van der Waals surface area contributed by atoms with Crippen LogP contribution < -0.4 is 0 Å². The standard InChI is InChI=1S/C7H5ClFO/c8-7(9)5-3-1-2-4-6(5)10/h1-4,7H. The summed E-state index contributed by atoms with van der Waals surface area (Å²) in [5.74, 6) is -0.356. The Balaban J connectivity index is 3.03. The van der Waals surface area contributed by atoms with Crippen LogP contribution in [0, 0.1) is 0 Å². The molecule has 0 spiro atoms. The lowest BCUT2D eigenvalue weighted by Gasteiger charge is -1.98. The monoisotopic (exact) mass is 159 g/mol. The van der Waals surface area contributed by atoms with Gasteiger partial charge in [0.15, 0.2) is 5.75 Å². The molecule has 0 aromatic heterocycles. The van der Waals surface area contributed by atoms with E-state index in [1.165, 1.54) is 12.1 Å². The molecule has 1 nitrogen and oxygen atoms in total. The molecule has 0 amide bonds. The smallest absolute Gasteiger partial charge is 0.202 e. The predicted octanol–water partition coefficient (Wildman–Crippen LogP) is 3.04. The van der Waals surface area contributed by atoms with Crippen LogP contribution in [0.25, 0.3) is 0 Å². The Morgan fingerprint density at radius 1 is 1.40 bits per heavy atom. The number of hydrogen-bond donors (Lipinski definition) is 0. The molecule has 0 aliphatic rings. The van der Waals surface area contributed by atoms with Crippen molar-refractivity contribution in [3.05, 3.63) is 29.8 Å². The van der Waals surface area contributed by atoms with Crippen LogP contribution in [0.15, 0.2) is 24.3 Å². The maximum absolute atomic E-state index is 12.3. The van der Waals surface area contributed by atoms with Crippen molar-refractivity contribution in [2.24, 2.45) is 0 Å². The van der Waals surface area contributed by atoms with E-state index in [2.05, 4.69) is 0 Å². The van der Waals surface area contributed by atoms with E-state index < -0.39 is 5.63 Å². The summed E-state index contributed by atoms with van der Waals surface area (Å²) >= 11 is 5.04. The first-order valence-corrected chi connectivity index (χ1v) is 3.19. The first-order chi connectivity index (χ1) is 4.72. The lowest BCUT2D eigenvalue weighted by molar-refractivity contribution is 0.338. The molecule has 1 unspecified atom stereocenters. The summed E-state index contributed by atoms with van der Waals surface area (Å²) in [4.78, 5) is 0. The summed E-state index contributed by atoms with van der Waals surface area (Å²) < 4.78 is 12.3. The number of rotatable bonds is 1. The molecule has 1 radical (unpaired) electrons. The number of alkyl halides is 2. The third-order valence-corrected chi connectivity index (χ3v) is 1.39. The molecule has 53 valence electrons. The molecular formula is C7H5ClFO. The zero-order valence-corrected chi connectivity index (χ0v) is 5.81. The Bertz CT molecular complexity index is 225. The van der Waals surface area contributed by atoms with Gasteiger partial charge in [0.1, 0.15) is 0 Å². The Hall–Kier alpha value is -0.760. The summed E-state index contributed by atoms with van der Waals surface area (Å²) in [7, 11) is 0.